The standard InChI is InChI=1S/C20H14N4O5/c25-23(26)14-9-10-16(18(12-14)24(27)28)21-22-17-11-13-5-1-3-7-19(13)29-20-8-4-2-6-15(17)20/h1-10,12,21H,11H2/b22-17-. The molecule has 29 heavy (non-hydrogen) atoms. The molecule has 144 valence electrons. The summed E-state index contributed by atoms with van der Waals surface area (Å²) in [6, 6.07) is 18.3. The van der Waals surface area contributed by atoms with E-state index >= 15 is 0 Å². The third-order valence-electron chi connectivity index (χ3n) is 4.45. The molecule has 0 saturated heterocycles. The molecule has 1 N–H and O–H groups in total. The Labute approximate surface area is 164 Å². The van der Waals surface area contributed by atoms with Crippen LogP contribution in [-0.4, -0.2) is 15.6 Å². The molecule has 9 heteroatoms. The van der Waals surface area contributed by atoms with E-state index in [1.54, 1.807) is 0 Å². The number of para-hydroxylation sites is 2. The van der Waals surface area contributed by atoms with Crippen molar-refractivity contribution >= 4 is 22.8 Å². The summed E-state index contributed by atoms with van der Waals surface area (Å²) < 4.78 is 6.00. The Morgan fingerprint density at radius 3 is 2.38 bits per heavy atom. The van der Waals surface area contributed by atoms with E-state index in [0.717, 1.165) is 17.2 Å². The Bertz CT molecular complexity index is 1160. The van der Waals surface area contributed by atoms with Gasteiger partial charge in [0.05, 0.1) is 21.6 Å². The second kappa shape index (κ2) is 7.39. The Balaban J connectivity index is 1.75. The van der Waals surface area contributed by atoms with Crippen LogP contribution >= 0.6 is 0 Å². The van der Waals surface area contributed by atoms with Gasteiger partial charge in [0, 0.05) is 23.6 Å². The molecule has 0 atom stereocenters. The average Bonchev–Trinajstić information content (AvgIpc) is 2.88. The monoisotopic (exact) mass is 390 g/mol. The van der Waals surface area contributed by atoms with Gasteiger partial charge in [0.15, 0.2) is 0 Å². The van der Waals surface area contributed by atoms with Gasteiger partial charge in [-0.25, -0.2) is 0 Å². The first-order valence-corrected chi connectivity index (χ1v) is 8.63. The minimum atomic E-state index is -0.686. The summed E-state index contributed by atoms with van der Waals surface area (Å²) in [6.45, 7) is 0. The Morgan fingerprint density at radius 2 is 1.62 bits per heavy atom. The fraction of sp³-hybridized carbons (Fsp3) is 0.0500. The molecule has 1 aliphatic rings. The number of fused-ring (bicyclic) bond motifs is 2. The average molecular weight is 390 g/mol. The molecule has 0 aliphatic carbocycles. The van der Waals surface area contributed by atoms with Crippen molar-refractivity contribution < 1.29 is 14.6 Å². The molecule has 0 spiro atoms. The zero-order valence-electron chi connectivity index (χ0n) is 14.9. The second-order valence-corrected chi connectivity index (χ2v) is 6.27. The summed E-state index contributed by atoms with van der Waals surface area (Å²) in [5.41, 5.74) is 4.26. The van der Waals surface area contributed by atoms with Gasteiger partial charge in [-0.15, -0.1) is 0 Å². The van der Waals surface area contributed by atoms with Crippen molar-refractivity contribution in [3.05, 3.63) is 98.1 Å². The number of nitro benzene ring substituents is 2. The van der Waals surface area contributed by atoms with Gasteiger partial charge >= 0.3 is 5.69 Å². The van der Waals surface area contributed by atoms with Crippen LogP contribution in [0.1, 0.15) is 11.1 Å². The van der Waals surface area contributed by atoms with E-state index in [1.165, 1.54) is 12.1 Å². The lowest BCUT2D eigenvalue weighted by molar-refractivity contribution is -0.393. The van der Waals surface area contributed by atoms with Crippen LogP contribution in [-0.2, 0) is 6.42 Å². The molecule has 3 aromatic carbocycles. The number of nitrogens with one attached hydrogen (secondary N) is 1. The van der Waals surface area contributed by atoms with Crippen molar-refractivity contribution in [2.75, 3.05) is 5.43 Å². The van der Waals surface area contributed by atoms with Crippen molar-refractivity contribution in [1.82, 2.24) is 0 Å². The van der Waals surface area contributed by atoms with Gasteiger partial charge in [-0.3, -0.25) is 25.7 Å². The SMILES string of the molecule is O=[N+]([O-])c1ccc(N/N=C2/Cc3ccccc3Oc3ccccc32)c([N+](=O)[O-])c1. The van der Waals surface area contributed by atoms with Crippen LogP contribution in [0, 0.1) is 20.2 Å². The fourth-order valence-electron chi connectivity index (χ4n) is 3.04. The number of nitrogens with zero attached hydrogens (tertiary/aromatic N) is 3. The predicted molar refractivity (Wildman–Crippen MR) is 107 cm³/mol. The van der Waals surface area contributed by atoms with Gasteiger partial charge in [0.1, 0.15) is 17.2 Å². The maximum absolute atomic E-state index is 11.3. The zero-order valence-corrected chi connectivity index (χ0v) is 14.9. The van der Waals surface area contributed by atoms with Gasteiger partial charge in [-0.1, -0.05) is 30.3 Å². The van der Waals surface area contributed by atoms with Gasteiger partial charge < -0.3 is 4.74 Å². The highest BCUT2D eigenvalue weighted by Gasteiger charge is 2.22. The molecule has 4 rings (SSSR count). The molecule has 0 aromatic heterocycles. The molecular formula is C20H14N4O5. The minimum absolute atomic E-state index is 0.0593. The summed E-state index contributed by atoms with van der Waals surface area (Å²) >= 11 is 0. The summed E-state index contributed by atoms with van der Waals surface area (Å²) in [6.07, 6.45) is 0.445. The van der Waals surface area contributed by atoms with Crippen LogP contribution in [0.4, 0.5) is 17.1 Å². The maximum Gasteiger partial charge on any atom is 0.301 e. The van der Waals surface area contributed by atoms with E-state index in [1.807, 2.05) is 48.5 Å². The van der Waals surface area contributed by atoms with Crippen molar-refractivity contribution in [1.29, 1.82) is 0 Å². The molecule has 0 fully saturated rings. The van der Waals surface area contributed by atoms with Gasteiger partial charge in [0.2, 0.25) is 0 Å². The zero-order chi connectivity index (χ0) is 20.4. The van der Waals surface area contributed by atoms with E-state index in [9.17, 15) is 20.2 Å². The van der Waals surface area contributed by atoms with E-state index in [2.05, 4.69) is 10.5 Å². The highest BCUT2D eigenvalue weighted by Crippen LogP contribution is 2.34. The first kappa shape index (κ1) is 18.1. The molecule has 0 amide bonds. The molecule has 1 aliphatic heterocycles. The number of anilines is 1. The molecule has 0 saturated carbocycles. The lowest BCUT2D eigenvalue weighted by Crippen LogP contribution is -2.08. The van der Waals surface area contributed by atoms with E-state index in [0.29, 0.717) is 23.6 Å². The number of benzene rings is 3. The van der Waals surface area contributed by atoms with Crippen molar-refractivity contribution in [2.24, 2.45) is 5.10 Å². The lowest BCUT2D eigenvalue weighted by atomic mass is 10.0. The first-order chi connectivity index (χ1) is 14.0. The summed E-state index contributed by atoms with van der Waals surface area (Å²) in [5.74, 6) is 1.34. The third-order valence-corrected chi connectivity index (χ3v) is 4.45. The molecule has 3 aromatic rings. The first-order valence-electron chi connectivity index (χ1n) is 8.63. The van der Waals surface area contributed by atoms with Crippen LogP contribution in [0.3, 0.4) is 0 Å². The number of hydrogen-bond acceptors (Lipinski definition) is 7. The number of hydrazone groups is 1. The van der Waals surface area contributed by atoms with E-state index in [4.69, 9.17) is 4.74 Å². The largest absolute Gasteiger partial charge is 0.456 e. The normalized spacial score (nSPS) is 13.6. The van der Waals surface area contributed by atoms with Crippen LogP contribution in [0.15, 0.2) is 71.8 Å². The highest BCUT2D eigenvalue weighted by molar-refractivity contribution is 6.05. The number of hydrogen-bond donors (Lipinski definition) is 1. The van der Waals surface area contributed by atoms with Crippen LogP contribution in [0.2, 0.25) is 0 Å². The van der Waals surface area contributed by atoms with Crippen molar-refractivity contribution in [3.63, 3.8) is 0 Å². The third kappa shape index (κ3) is 3.61. The second-order valence-electron chi connectivity index (χ2n) is 6.27. The molecule has 0 unspecified atom stereocenters. The molecular weight excluding hydrogens is 376 g/mol. The smallest absolute Gasteiger partial charge is 0.301 e. The van der Waals surface area contributed by atoms with Crippen molar-refractivity contribution in [3.8, 4) is 11.5 Å². The quantitative estimate of drug-likeness (QED) is 0.511. The van der Waals surface area contributed by atoms with Crippen molar-refractivity contribution in [2.45, 2.75) is 6.42 Å². The van der Waals surface area contributed by atoms with Crippen LogP contribution in [0.25, 0.3) is 0 Å². The van der Waals surface area contributed by atoms with Gasteiger partial charge in [0.25, 0.3) is 5.69 Å². The number of rotatable bonds is 4. The number of ether oxygens (including phenoxy) is 1. The summed E-state index contributed by atoms with van der Waals surface area (Å²) in [7, 11) is 0. The van der Waals surface area contributed by atoms with E-state index < -0.39 is 15.5 Å². The molecule has 1 heterocycles. The fourth-order valence-corrected chi connectivity index (χ4v) is 3.04. The predicted octanol–water partition coefficient (Wildman–Crippen LogP) is 4.67. The molecule has 0 bridgehead atoms. The highest BCUT2D eigenvalue weighted by atomic mass is 16.6. The Hall–Kier alpha value is -4.27. The summed E-state index contributed by atoms with van der Waals surface area (Å²) in [5, 5.41) is 26.6. The van der Waals surface area contributed by atoms with Crippen LogP contribution < -0.4 is 10.2 Å². The maximum atomic E-state index is 11.3. The van der Waals surface area contributed by atoms with Gasteiger partial charge in [-0.2, -0.15) is 5.10 Å². The minimum Gasteiger partial charge on any atom is -0.456 e. The summed E-state index contributed by atoms with van der Waals surface area (Å²) in [4.78, 5) is 20.9. The Kier molecular flexibility index (Phi) is 4.62. The Morgan fingerprint density at radius 1 is 0.897 bits per heavy atom. The lowest BCUT2D eigenvalue weighted by Gasteiger charge is -2.08. The van der Waals surface area contributed by atoms with E-state index in [-0.39, 0.29) is 11.4 Å². The van der Waals surface area contributed by atoms with Crippen LogP contribution in [0.5, 0.6) is 11.5 Å². The topological polar surface area (TPSA) is 120 Å². The number of nitro groups is 2. The molecule has 9 nitrogen and oxygen atoms in total. The number of non-ortho nitro benzene ring substituents is 1. The molecule has 0 radical (unpaired) electrons. The van der Waals surface area contributed by atoms with Gasteiger partial charge in [-0.05, 0) is 24.3 Å².